The normalized spacial score (nSPS) is 10.3. The number of hydrogen-bond acceptors (Lipinski definition) is 3. The molecule has 2 aromatic carbocycles. The predicted octanol–water partition coefficient (Wildman–Crippen LogP) is 5.16. The summed E-state index contributed by atoms with van der Waals surface area (Å²) in [5.74, 6) is 1.71. The summed E-state index contributed by atoms with van der Waals surface area (Å²) in [4.78, 5) is 0. The molecule has 0 amide bonds. The summed E-state index contributed by atoms with van der Waals surface area (Å²) in [5, 5.41) is 0.787. The zero-order chi connectivity index (χ0) is 14.5. The van der Waals surface area contributed by atoms with Gasteiger partial charge in [0, 0.05) is 6.07 Å². The van der Waals surface area contributed by atoms with Gasteiger partial charge in [-0.05, 0) is 24.6 Å². The maximum atomic E-state index is 5.98. The molecular formula is C15H15Cl2NO2. The van der Waals surface area contributed by atoms with E-state index in [9.17, 15) is 0 Å². The van der Waals surface area contributed by atoms with E-state index in [4.69, 9.17) is 38.4 Å². The Kier molecular flexibility index (Phi) is 4.99. The number of benzene rings is 2. The van der Waals surface area contributed by atoms with E-state index >= 15 is 0 Å². The number of nitrogens with two attached hydrogens (primary N) is 1. The van der Waals surface area contributed by atoms with Gasteiger partial charge in [-0.1, -0.05) is 42.3 Å². The Morgan fingerprint density at radius 2 is 1.65 bits per heavy atom. The van der Waals surface area contributed by atoms with Gasteiger partial charge in [-0.2, -0.15) is 0 Å². The van der Waals surface area contributed by atoms with Crippen LogP contribution in [0, 0.1) is 0 Å². The van der Waals surface area contributed by atoms with Gasteiger partial charge < -0.3 is 15.2 Å². The van der Waals surface area contributed by atoms with Crippen molar-refractivity contribution in [1.82, 2.24) is 0 Å². The van der Waals surface area contributed by atoms with Crippen LogP contribution < -0.4 is 15.2 Å². The van der Waals surface area contributed by atoms with Crippen molar-refractivity contribution in [3.05, 3.63) is 46.4 Å². The Bertz CT molecular complexity index is 602. The summed E-state index contributed by atoms with van der Waals surface area (Å²) in [6.45, 7) is 2.66. The van der Waals surface area contributed by atoms with Crippen LogP contribution in [-0.4, -0.2) is 6.61 Å². The third kappa shape index (κ3) is 3.50. The summed E-state index contributed by atoms with van der Waals surface area (Å²) in [7, 11) is 0. The minimum Gasteiger partial charge on any atom is -0.490 e. The lowest BCUT2D eigenvalue weighted by atomic mass is 10.3. The second-order valence-electron chi connectivity index (χ2n) is 4.20. The van der Waals surface area contributed by atoms with E-state index in [1.54, 1.807) is 12.1 Å². The zero-order valence-electron chi connectivity index (χ0n) is 11.0. The van der Waals surface area contributed by atoms with Crippen molar-refractivity contribution in [2.75, 3.05) is 12.3 Å². The van der Waals surface area contributed by atoms with Crippen LogP contribution >= 0.6 is 23.2 Å². The van der Waals surface area contributed by atoms with Crippen molar-refractivity contribution in [2.24, 2.45) is 0 Å². The Labute approximate surface area is 128 Å². The highest BCUT2D eigenvalue weighted by Gasteiger charge is 2.10. The van der Waals surface area contributed by atoms with Crippen molar-refractivity contribution in [3.8, 4) is 17.2 Å². The molecule has 3 nitrogen and oxygen atoms in total. The Morgan fingerprint density at radius 3 is 2.35 bits per heavy atom. The molecule has 0 spiro atoms. The fourth-order valence-electron chi connectivity index (χ4n) is 1.62. The predicted molar refractivity (Wildman–Crippen MR) is 83.2 cm³/mol. The van der Waals surface area contributed by atoms with Gasteiger partial charge in [0.05, 0.1) is 22.3 Å². The van der Waals surface area contributed by atoms with Gasteiger partial charge in [0.25, 0.3) is 0 Å². The standard InChI is InChI=1S/C15H15Cl2NO2/c1-2-7-19-13-5-3-4-6-14(13)20-15-9-11(17)10(16)8-12(15)18/h3-6,8-9H,2,7,18H2,1H3. The number of halogens is 2. The molecule has 0 aliphatic rings. The van der Waals surface area contributed by atoms with Crippen molar-refractivity contribution in [2.45, 2.75) is 13.3 Å². The molecule has 0 atom stereocenters. The topological polar surface area (TPSA) is 44.5 Å². The van der Waals surface area contributed by atoms with Gasteiger partial charge >= 0.3 is 0 Å². The lowest BCUT2D eigenvalue weighted by molar-refractivity contribution is 0.302. The quantitative estimate of drug-likeness (QED) is 0.776. The fourth-order valence-corrected chi connectivity index (χ4v) is 1.94. The SMILES string of the molecule is CCCOc1ccccc1Oc1cc(Cl)c(Cl)cc1N. The van der Waals surface area contributed by atoms with E-state index in [1.807, 2.05) is 31.2 Å². The molecule has 0 bridgehead atoms. The van der Waals surface area contributed by atoms with Crippen LogP contribution in [0.2, 0.25) is 10.0 Å². The fraction of sp³-hybridized carbons (Fsp3) is 0.200. The van der Waals surface area contributed by atoms with Gasteiger partial charge in [-0.25, -0.2) is 0 Å². The average Bonchev–Trinajstić information content (AvgIpc) is 2.44. The molecule has 0 heterocycles. The second kappa shape index (κ2) is 6.73. The largest absolute Gasteiger partial charge is 0.490 e. The summed E-state index contributed by atoms with van der Waals surface area (Å²) in [6.07, 6.45) is 0.920. The number of rotatable bonds is 5. The number of para-hydroxylation sites is 2. The van der Waals surface area contributed by atoms with Crippen LogP contribution in [0.3, 0.4) is 0 Å². The number of ether oxygens (including phenoxy) is 2. The average molecular weight is 312 g/mol. The van der Waals surface area contributed by atoms with Gasteiger partial charge in [0.2, 0.25) is 0 Å². The maximum absolute atomic E-state index is 5.98. The molecule has 0 saturated carbocycles. The van der Waals surface area contributed by atoms with E-state index in [2.05, 4.69) is 0 Å². The third-order valence-corrected chi connectivity index (χ3v) is 3.31. The minimum absolute atomic E-state index is 0.392. The third-order valence-electron chi connectivity index (χ3n) is 2.58. The molecule has 0 saturated heterocycles. The summed E-state index contributed by atoms with van der Waals surface area (Å²) in [6, 6.07) is 10.6. The van der Waals surface area contributed by atoms with Crippen LogP contribution in [-0.2, 0) is 0 Å². The van der Waals surface area contributed by atoms with Crippen molar-refractivity contribution in [3.63, 3.8) is 0 Å². The van der Waals surface area contributed by atoms with Crippen LogP contribution in [0.5, 0.6) is 17.2 Å². The molecule has 2 aromatic rings. The first-order valence-electron chi connectivity index (χ1n) is 6.26. The highest BCUT2D eigenvalue weighted by Crippen LogP contribution is 2.38. The first-order chi connectivity index (χ1) is 9.61. The molecule has 0 aliphatic carbocycles. The van der Waals surface area contributed by atoms with Crippen molar-refractivity contribution >= 4 is 28.9 Å². The molecule has 0 fully saturated rings. The molecule has 0 aliphatic heterocycles. The van der Waals surface area contributed by atoms with Gasteiger partial charge in [-0.3, -0.25) is 0 Å². The van der Waals surface area contributed by atoms with Gasteiger partial charge in [-0.15, -0.1) is 0 Å². The molecule has 0 radical (unpaired) electrons. The number of nitrogen functional groups attached to an aromatic ring is 1. The maximum Gasteiger partial charge on any atom is 0.169 e. The Morgan fingerprint density at radius 1 is 1.00 bits per heavy atom. The van der Waals surface area contributed by atoms with Crippen LogP contribution in [0.1, 0.15) is 13.3 Å². The van der Waals surface area contributed by atoms with Crippen LogP contribution in [0.4, 0.5) is 5.69 Å². The van der Waals surface area contributed by atoms with E-state index in [1.165, 1.54) is 0 Å². The van der Waals surface area contributed by atoms with E-state index in [-0.39, 0.29) is 0 Å². The molecule has 2 N–H and O–H groups in total. The molecule has 106 valence electrons. The molecule has 20 heavy (non-hydrogen) atoms. The Hall–Kier alpha value is -1.58. The van der Waals surface area contributed by atoms with Gasteiger partial charge in [0.15, 0.2) is 17.2 Å². The summed E-state index contributed by atoms with van der Waals surface area (Å²) >= 11 is 11.9. The second-order valence-corrected chi connectivity index (χ2v) is 5.02. The van der Waals surface area contributed by atoms with E-state index < -0.39 is 0 Å². The van der Waals surface area contributed by atoms with Crippen LogP contribution in [0.25, 0.3) is 0 Å². The summed E-state index contributed by atoms with van der Waals surface area (Å²) < 4.78 is 11.4. The first kappa shape index (κ1) is 14.8. The first-order valence-corrected chi connectivity index (χ1v) is 7.01. The molecule has 2 rings (SSSR count). The monoisotopic (exact) mass is 311 g/mol. The van der Waals surface area contributed by atoms with E-state index in [0.717, 1.165) is 6.42 Å². The minimum atomic E-state index is 0.392. The van der Waals surface area contributed by atoms with Gasteiger partial charge in [0.1, 0.15) is 0 Å². The molecular weight excluding hydrogens is 297 g/mol. The summed E-state index contributed by atoms with van der Waals surface area (Å²) in [5.41, 5.74) is 6.30. The zero-order valence-corrected chi connectivity index (χ0v) is 12.5. The Balaban J connectivity index is 2.28. The van der Waals surface area contributed by atoms with E-state index in [0.29, 0.717) is 39.6 Å². The number of anilines is 1. The van der Waals surface area contributed by atoms with Crippen LogP contribution in [0.15, 0.2) is 36.4 Å². The smallest absolute Gasteiger partial charge is 0.169 e. The highest BCUT2D eigenvalue weighted by molar-refractivity contribution is 6.42. The highest BCUT2D eigenvalue weighted by atomic mass is 35.5. The molecule has 0 aromatic heterocycles. The lowest BCUT2D eigenvalue weighted by Crippen LogP contribution is -1.98. The number of hydrogen-bond donors (Lipinski definition) is 1. The molecule has 0 unspecified atom stereocenters. The van der Waals surface area contributed by atoms with Crippen molar-refractivity contribution in [1.29, 1.82) is 0 Å². The van der Waals surface area contributed by atoms with Crippen molar-refractivity contribution < 1.29 is 9.47 Å². The molecule has 5 heteroatoms. The lowest BCUT2D eigenvalue weighted by Gasteiger charge is -2.13.